The van der Waals surface area contributed by atoms with Gasteiger partial charge in [-0.1, -0.05) is 52.3 Å². The highest BCUT2D eigenvalue weighted by atomic mass is 35.5. The minimum atomic E-state index is -0.275. The summed E-state index contributed by atoms with van der Waals surface area (Å²) in [7, 11) is 1.57. The number of aryl methyl sites for hydroxylation is 1. The highest BCUT2D eigenvalue weighted by molar-refractivity contribution is 7.99. The van der Waals surface area contributed by atoms with E-state index in [1.165, 1.54) is 11.8 Å². The molecule has 2 aromatic carbocycles. The zero-order valence-electron chi connectivity index (χ0n) is 17.0. The molecule has 0 unspecified atom stereocenters. The van der Waals surface area contributed by atoms with E-state index in [0.717, 1.165) is 5.56 Å². The van der Waals surface area contributed by atoms with E-state index in [9.17, 15) is 4.79 Å². The lowest BCUT2D eigenvalue weighted by atomic mass is 10.2. The molecule has 0 aliphatic heterocycles. The number of aromatic nitrogens is 4. The third-order valence-electron chi connectivity index (χ3n) is 4.32. The van der Waals surface area contributed by atoms with Gasteiger partial charge in [-0.2, -0.15) is 0 Å². The molecule has 8 nitrogen and oxygen atoms in total. The van der Waals surface area contributed by atoms with Crippen LogP contribution >= 0.6 is 35.0 Å². The summed E-state index contributed by atoms with van der Waals surface area (Å²) >= 11 is 13.7. The van der Waals surface area contributed by atoms with Crippen molar-refractivity contribution in [3.63, 3.8) is 0 Å². The molecule has 0 fully saturated rings. The number of methoxy groups -OCH3 is 1. The molecule has 164 valence electrons. The maximum atomic E-state index is 12.4. The van der Waals surface area contributed by atoms with Gasteiger partial charge in [-0.3, -0.25) is 14.7 Å². The summed E-state index contributed by atoms with van der Waals surface area (Å²) in [6, 6.07) is 14.1. The fourth-order valence-electron chi connectivity index (χ4n) is 2.96. The van der Waals surface area contributed by atoms with Gasteiger partial charge < -0.3 is 9.26 Å². The number of halogens is 2. The first kappa shape index (κ1) is 22.2. The molecule has 2 aromatic heterocycles. The van der Waals surface area contributed by atoms with Crippen molar-refractivity contribution in [1.82, 2.24) is 19.9 Å². The molecule has 0 aliphatic rings. The number of rotatable bonds is 7. The molecule has 1 amide bonds. The van der Waals surface area contributed by atoms with Crippen LogP contribution in [0.3, 0.4) is 0 Å². The predicted octanol–water partition coefficient (Wildman–Crippen LogP) is 5.28. The summed E-state index contributed by atoms with van der Waals surface area (Å²) in [5, 5.41) is 16.6. The first-order valence-corrected chi connectivity index (χ1v) is 11.1. The number of carbonyl (C=O) groups is 1. The van der Waals surface area contributed by atoms with Gasteiger partial charge in [0, 0.05) is 21.7 Å². The number of amides is 1. The maximum absolute atomic E-state index is 12.4. The molecule has 32 heavy (non-hydrogen) atoms. The number of nitrogens with zero attached hydrogens (tertiary/aromatic N) is 4. The van der Waals surface area contributed by atoms with E-state index in [0.29, 0.717) is 38.2 Å². The van der Waals surface area contributed by atoms with Crippen molar-refractivity contribution in [1.29, 1.82) is 0 Å². The maximum Gasteiger partial charge on any atom is 0.237 e. The van der Waals surface area contributed by atoms with Crippen LogP contribution in [0.15, 0.2) is 58.2 Å². The predicted molar refractivity (Wildman–Crippen MR) is 124 cm³/mol. The fourth-order valence-corrected chi connectivity index (χ4v) is 4.06. The summed E-state index contributed by atoms with van der Waals surface area (Å²) in [5.74, 6) is 1.17. The molecule has 0 saturated heterocycles. The Kier molecular flexibility index (Phi) is 6.69. The lowest BCUT2D eigenvalue weighted by molar-refractivity contribution is -0.113. The molecule has 0 saturated carbocycles. The van der Waals surface area contributed by atoms with Crippen LogP contribution in [0.2, 0.25) is 10.0 Å². The topological polar surface area (TPSA) is 95.1 Å². The van der Waals surface area contributed by atoms with Crippen molar-refractivity contribution in [2.75, 3.05) is 18.2 Å². The average Bonchev–Trinajstić information content (AvgIpc) is 3.38. The summed E-state index contributed by atoms with van der Waals surface area (Å²) in [5.41, 5.74) is 2.06. The smallest absolute Gasteiger partial charge is 0.237 e. The van der Waals surface area contributed by atoms with Crippen LogP contribution in [0.5, 0.6) is 5.75 Å². The van der Waals surface area contributed by atoms with E-state index < -0.39 is 0 Å². The van der Waals surface area contributed by atoms with Crippen LogP contribution in [-0.2, 0) is 4.79 Å². The zero-order chi connectivity index (χ0) is 22.7. The van der Waals surface area contributed by atoms with Crippen molar-refractivity contribution in [3.8, 4) is 22.8 Å². The molecule has 1 N–H and O–H groups in total. The van der Waals surface area contributed by atoms with Gasteiger partial charge >= 0.3 is 0 Å². The number of ether oxygens (including phenoxy) is 1. The lowest BCUT2D eigenvalue weighted by Crippen LogP contribution is -2.14. The molecule has 11 heteroatoms. The van der Waals surface area contributed by atoms with Gasteiger partial charge in [-0.15, -0.1) is 10.2 Å². The van der Waals surface area contributed by atoms with Crippen LogP contribution in [-0.4, -0.2) is 38.7 Å². The first-order valence-electron chi connectivity index (χ1n) is 9.36. The van der Waals surface area contributed by atoms with Gasteiger partial charge in [0.05, 0.1) is 24.2 Å². The highest BCUT2D eigenvalue weighted by Gasteiger charge is 2.21. The molecular weight excluding hydrogens is 473 g/mol. The number of hydrogen-bond donors (Lipinski definition) is 1. The Balaban J connectivity index is 1.70. The van der Waals surface area contributed by atoms with Crippen LogP contribution in [0.4, 0.5) is 5.88 Å². The normalized spacial score (nSPS) is 10.9. The summed E-state index contributed by atoms with van der Waals surface area (Å²) in [4.78, 5) is 12.4. The minimum Gasteiger partial charge on any atom is -0.495 e. The lowest BCUT2D eigenvalue weighted by Gasteiger charge is -2.14. The second-order valence-corrected chi connectivity index (χ2v) is 8.45. The molecule has 0 spiro atoms. The standard InChI is InChI=1S/C21H17Cl2N5O3S/c1-12-8-19(31-27-12)24-18(29)11-32-21-26-25-20(13-4-3-5-14(22)9-13)28(21)16-10-15(23)6-7-17(16)30-2/h3-10H,11H2,1-2H3,(H,24,29). The van der Waals surface area contributed by atoms with Crippen molar-refractivity contribution in [2.24, 2.45) is 0 Å². The zero-order valence-corrected chi connectivity index (χ0v) is 19.3. The SMILES string of the molecule is COc1ccc(Cl)cc1-n1c(SCC(=O)Nc2cc(C)no2)nnc1-c1cccc(Cl)c1. The Morgan fingerprint density at radius 1 is 1.16 bits per heavy atom. The second-order valence-electron chi connectivity index (χ2n) is 6.64. The van der Waals surface area contributed by atoms with E-state index in [-0.39, 0.29) is 17.5 Å². The third kappa shape index (κ3) is 4.90. The highest BCUT2D eigenvalue weighted by Crippen LogP contribution is 2.34. The summed E-state index contributed by atoms with van der Waals surface area (Å²) in [6.45, 7) is 1.77. The fraction of sp³-hybridized carbons (Fsp3) is 0.143. The first-order chi connectivity index (χ1) is 15.4. The molecule has 0 atom stereocenters. The Hall–Kier alpha value is -3.01. The van der Waals surface area contributed by atoms with Gasteiger partial charge in [-0.25, -0.2) is 0 Å². The van der Waals surface area contributed by atoms with Gasteiger partial charge in [0.2, 0.25) is 11.8 Å². The van der Waals surface area contributed by atoms with E-state index in [1.54, 1.807) is 55.0 Å². The number of anilines is 1. The van der Waals surface area contributed by atoms with E-state index >= 15 is 0 Å². The van der Waals surface area contributed by atoms with Crippen LogP contribution < -0.4 is 10.1 Å². The van der Waals surface area contributed by atoms with E-state index in [1.807, 2.05) is 12.1 Å². The van der Waals surface area contributed by atoms with E-state index in [2.05, 4.69) is 20.7 Å². The molecular formula is C21H17Cl2N5O3S. The van der Waals surface area contributed by atoms with Gasteiger partial charge in [0.25, 0.3) is 0 Å². The summed E-state index contributed by atoms with van der Waals surface area (Å²) in [6.07, 6.45) is 0. The largest absolute Gasteiger partial charge is 0.495 e. The van der Waals surface area contributed by atoms with Gasteiger partial charge in [0.1, 0.15) is 5.75 Å². The van der Waals surface area contributed by atoms with Crippen LogP contribution in [0, 0.1) is 6.92 Å². The van der Waals surface area contributed by atoms with Crippen molar-refractivity contribution < 1.29 is 14.1 Å². The molecule has 2 heterocycles. The van der Waals surface area contributed by atoms with E-state index in [4.69, 9.17) is 32.5 Å². The third-order valence-corrected chi connectivity index (χ3v) is 5.72. The van der Waals surface area contributed by atoms with Gasteiger partial charge in [0.15, 0.2) is 11.0 Å². The van der Waals surface area contributed by atoms with Crippen molar-refractivity contribution in [3.05, 3.63) is 64.3 Å². The quantitative estimate of drug-likeness (QED) is 0.353. The summed E-state index contributed by atoms with van der Waals surface area (Å²) < 4.78 is 12.3. The average molecular weight is 490 g/mol. The van der Waals surface area contributed by atoms with Crippen LogP contribution in [0.1, 0.15) is 5.69 Å². The Morgan fingerprint density at radius 2 is 1.97 bits per heavy atom. The number of thioether (sulfide) groups is 1. The van der Waals surface area contributed by atoms with Crippen molar-refractivity contribution >= 4 is 46.8 Å². The second kappa shape index (κ2) is 9.64. The van der Waals surface area contributed by atoms with Crippen LogP contribution in [0.25, 0.3) is 17.1 Å². The number of nitrogens with one attached hydrogen (secondary N) is 1. The monoisotopic (exact) mass is 489 g/mol. The van der Waals surface area contributed by atoms with Crippen molar-refractivity contribution in [2.45, 2.75) is 12.1 Å². The number of hydrogen-bond acceptors (Lipinski definition) is 7. The Morgan fingerprint density at radius 3 is 2.69 bits per heavy atom. The Labute approximate surface area is 197 Å². The minimum absolute atomic E-state index is 0.0658. The number of benzene rings is 2. The molecule has 0 aliphatic carbocycles. The van der Waals surface area contributed by atoms with Gasteiger partial charge in [-0.05, 0) is 37.3 Å². The molecule has 4 aromatic rings. The molecule has 0 bridgehead atoms. The Bertz CT molecular complexity index is 1270. The molecule has 0 radical (unpaired) electrons. The molecule has 4 rings (SSSR count). The number of carbonyl (C=O) groups excluding carboxylic acids is 1.